The largest absolute Gasteiger partial charge is 0.451 e. The Balaban J connectivity index is 4.09. The van der Waals surface area contributed by atoms with Crippen molar-refractivity contribution in [2.75, 3.05) is 0 Å². The second-order valence-corrected chi connectivity index (χ2v) is 2.68. The summed E-state index contributed by atoms with van der Waals surface area (Å²) in [7, 11) is 0. The molecule has 0 aliphatic rings. The zero-order valence-electron chi connectivity index (χ0n) is 7.14. The molecule has 0 bridgehead atoms. The molecular weight excluding hydrogens is 144 g/mol. The van der Waals surface area contributed by atoms with Crippen molar-refractivity contribution >= 4 is 12.3 Å². The zero-order valence-corrected chi connectivity index (χ0v) is 7.14. The van der Waals surface area contributed by atoms with Gasteiger partial charge in [0, 0.05) is 6.92 Å². The third-order valence-electron chi connectivity index (χ3n) is 1.31. The highest BCUT2D eigenvalue weighted by atomic mass is 16.6. The minimum atomic E-state index is -1.04. The third-order valence-corrected chi connectivity index (χ3v) is 1.31. The molecule has 0 heterocycles. The summed E-state index contributed by atoms with van der Waals surface area (Å²) in [6, 6.07) is 0. The van der Waals surface area contributed by atoms with E-state index in [2.05, 4.69) is 0 Å². The van der Waals surface area contributed by atoms with Crippen molar-refractivity contribution in [2.24, 2.45) is 0 Å². The van der Waals surface area contributed by atoms with E-state index < -0.39 is 11.6 Å². The Morgan fingerprint density at radius 3 is 2.45 bits per heavy atom. The molecule has 63 valence electrons. The maximum absolute atomic E-state index is 10.5. The highest BCUT2D eigenvalue weighted by Gasteiger charge is 2.26. The van der Waals surface area contributed by atoms with Gasteiger partial charge in [-0.15, -0.1) is 0 Å². The predicted molar refractivity (Wildman–Crippen MR) is 40.8 cm³/mol. The Hall–Kier alpha value is -0.860. The second kappa shape index (κ2) is 4.11. The van der Waals surface area contributed by atoms with Gasteiger partial charge in [0.2, 0.25) is 6.29 Å². The van der Waals surface area contributed by atoms with Crippen LogP contribution >= 0.6 is 0 Å². The van der Waals surface area contributed by atoms with Crippen molar-refractivity contribution in [3.8, 4) is 0 Å². The van der Waals surface area contributed by atoms with Crippen LogP contribution in [-0.2, 0) is 14.3 Å². The third kappa shape index (κ3) is 3.75. The fourth-order valence-corrected chi connectivity index (χ4v) is 0.917. The standard InChI is InChI=1S/C8H13O3/c1-4-5-8(3,6-9)11-7(2)10/h4-5H2,1-3H3. The molecule has 0 aromatic carbocycles. The Kier molecular flexibility index (Phi) is 3.79. The van der Waals surface area contributed by atoms with Gasteiger partial charge < -0.3 is 4.74 Å². The Morgan fingerprint density at radius 2 is 2.18 bits per heavy atom. The Labute approximate surface area is 66.7 Å². The number of hydrogen-bond donors (Lipinski definition) is 0. The molecule has 11 heavy (non-hydrogen) atoms. The van der Waals surface area contributed by atoms with E-state index in [4.69, 9.17) is 4.74 Å². The van der Waals surface area contributed by atoms with Gasteiger partial charge in [-0.25, -0.2) is 0 Å². The molecular formula is C8H13O3. The fraction of sp³-hybridized carbons (Fsp3) is 0.750. The molecule has 0 fully saturated rings. The van der Waals surface area contributed by atoms with E-state index in [0.29, 0.717) is 6.42 Å². The van der Waals surface area contributed by atoms with Crippen molar-refractivity contribution in [3.63, 3.8) is 0 Å². The molecule has 0 aliphatic carbocycles. The lowest BCUT2D eigenvalue weighted by Gasteiger charge is -2.20. The number of ether oxygens (including phenoxy) is 1. The van der Waals surface area contributed by atoms with E-state index in [1.165, 1.54) is 6.92 Å². The first kappa shape index (κ1) is 10.1. The van der Waals surface area contributed by atoms with Gasteiger partial charge in [-0.05, 0) is 13.3 Å². The van der Waals surface area contributed by atoms with Crippen LogP contribution in [0.1, 0.15) is 33.6 Å². The smallest absolute Gasteiger partial charge is 0.303 e. The number of carbonyl (C=O) groups excluding carboxylic acids is 2. The normalized spacial score (nSPS) is 15.2. The lowest BCUT2D eigenvalue weighted by atomic mass is 10.0. The predicted octanol–water partition coefficient (Wildman–Crippen LogP) is 1.22. The van der Waals surface area contributed by atoms with Crippen LogP contribution in [0.3, 0.4) is 0 Å². The average molecular weight is 157 g/mol. The molecule has 0 N–H and O–H groups in total. The van der Waals surface area contributed by atoms with Gasteiger partial charge in [-0.2, -0.15) is 0 Å². The van der Waals surface area contributed by atoms with Gasteiger partial charge in [0.05, 0.1) is 0 Å². The van der Waals surface area contributed by atoms with Crippen LogP contribution in [0.25, 0.3) is 0 Å². The molecule has 0 saturated carbocycles. The van der Waals surface area contributed by atoms with Gasteiger partial charge in [-0.1, -0.05) is 13.3 Å². The van der Waals surface area contributed by atoms with Crippen LogP contribution in [0.5, 0.6) is 0 Å². The van der Waals surface area contributed by atoms with Crippen molar-refractivity contribution in [1.82, 2.24) is 0 Å². The first-order valence-corrected chi connectivity index (χ1v) is 3.63. The van der Waals surface area contributed by atoms with Gasteiger partial charge in [-0.3, -0.25) is 9.59 Å². The van der Waals surface area contributed by atoms with Crippen LogP contribution in [-0.4, -0.2) is 17.9 Å². The van der Waals surface area contributed by atoms with E-state index in [-0.39, 0.29) is 0 Å². The Bertz CT molecular complexity index is 153. The van der Waals surface area contributed by atoms with Crippen molar-refractivity contribution in [3.05, 3.63) is 0 Å². The zero-order chi connectivity index (χ0) is 8.91. The van der Waals surface area contributed by atoms with Crippen LogP contribution in [0.4, 0.5) is 0 Å². The monoisotopic (exact) mass is 157 g/mol. The summed E-state index contributed by atoms with van der Waals surface area (Å²) in [5, 5.41) is 0. The molecule has 1 unspecified atom stereocenters. The van der Waals surface area contributed by atoms with Crippen LogP contribution in [0, 0.1) is 0 Å². The first-order chi connectivity index (χ1) is 5.04. The molecule has 0 rings (SSSR count). The summed E-state index contributed by atoms with van der Waals surface area (Å²) in [6.07, 6.45) is 3.03. The summed E-state index contributed by atoms with van der Waals surface area (Å²) < 4.78 is 4.76. The van der Waals surface area contributed by atoms with Gasteiger partial charge in [0.15, 0.2) is 5.60 Å². The maximum Gasteiger partial charge on any atom is 0.303 e. The SMILES string of the molecule is CCCC(C)([C]=O)OC(C)=O. The minimum Gasteiger partial charge on any atom is -0.451 e. The quantitative estimate of drug-likeness (QED) is 0.576. The van der Waals surface area contributed by atoms with Crippen molar-refractivity contribution in [1.29, 1.82) is 0 Å². The topological polar surface area (TPSA) is 43.4 Å². The summed E-state index contributed by atoms with van der Waals surface area (Å²) in [5.74, 6) is -0.440. The highest BCUT2D eigenvalue weighted by molar-refractivity contribution is 5.72. The molecule has 3 heteroatoms. The van der Waals surface area contributed by atoms with E-state index in [9.17, 15) is 9.59 Å². The van der Waals surface area contributed by atoms with Crippen LogP contribution < -0.4 is 0 Å². The molecule has 0 aromatic rings. The first-order valence-electron chi connectivity index (χ1n) is 3.63. The van der Waals surface area contributed by atoms with Gasteiger partial charge in [0.1, 0.15) is 0 Å². The molecule has 1 atom stereocenters. The molecule has 3 nitrogen and oxygen atoms in total. The highest BCUT2D eigenvalue weighted by Crippen LogP contribution is 2.14. The van der Waals surface area contributed by atoms with E-state index in [1.54, 1.807) is 13.2 Å². The molecule has 0 amide bonds. The second-order valence-electron chi connectivity index (χ2n) is 2.68. The minimum absolute atomic E-state index is 0.440. The maximum atomic E-state index is 10.5. The molecule has 0 aliphatic heterocycles. The number of rotatable bonds is 4. The lowest BCUT2D eigenvalue weighted by molar-refractivity contribution is -0.149. The number of esters is 1. The number of hydrogen-bond acceptors (Lipinski definition) is 3. The average Bonchev–Trinajstić information content (AvgIpc) is 1.87. The molecule has 0 saturated heterocycles. The van der Waals surface area contributed by atoms with E-state index in [0.717, 1.165) is 6.42 Å². The summed E-state index contributed by atoms with van der Waals surface area (Å²) in [4.78, 5) is 20.8. The lowest BCUT2D eigenvalue weighted by Crippen LogP contribution is -2.32. The summed E-state index contributed by atoms with van der Waals surface area (Å²) in [6.45, 7) is 4.76. The van der Waals surface area contributed by atoms with Crippen LogP contribution in [0.15, 0.2) is 0 Å². The van der Waals surface area contributed by atoms with Crippen LogP contribution in [0.2, 0.25) is 0 Å². The van der Waals surface area contributed by atoms with Crippen molar-refractivity contribution in [2.45, 2.75) is 39.2 Å². The fourth-order valence-electron chi connectivity index (χ4n) is 0.917. The Morgan fingerprint density at radius 1 is 1.64 bits per heavy atom. The van der Waals surface area contributed by atoms with E-state index >= 15 is 0 Å². The summed E-state index contributed by atoms with van der Waals surface area (Å²) >= 11 is 0. The summed E-state index contributed by atoms with van der Waals surface area (Å²) in [5.41, 5.74) is -1.04. The molecule has 0 aromatic heterocycles. The molecule has 1 radical (unpaired) electrons. The van der Waals surface area contributed by atoms with Crippen molar-refractivity contribution < 1.29 is 14.3 Å². The molecule has 0 spiro atoms. The van der Waals surface area contributed by atoms with Gasteiger partial charge >= 0.3 is 5.97 Å². The van der Waals surface area contributed by atoms with Gasteiger partial charge in [0.25, 0.3) is 0 Å². The number of carbonyl (C=O) groups is 1. The van der Waals surface area contributed by atoms with E-state index in [1.807, 2.05) is 6.92 Å².